The van der Waals surface area contributed by atoms with Crippen molar-refractivity contribution in [2.75, 3.05) is 13.7 Å². The van der Waals surface area contributed by atoms with Crippen LogP contribution in [0.2, 0.25) is 0 Å². The minimum absolute atomic E-state index is 0.0134. The van der Waals surface area contributed by atoms with Crippen LogP contribution in [-0.2, 0) is 6.42 Å². The number of ketones is 1. The standard InChI is InChI=1S/C25H20BrNO4/c1-31-24-14-19(16-4-2-3-15(11-16)9-10-28)20-12-17(6-8-22(20)27-24)25(30)18-5-7-21(26)23(29)13-18/h2-8,11-14,28-29H,9-10H2,1H3. The highest BCUT2D eigenvalue weighted by Crippen LogP contribution is 2.33. The number of fused-ring (bicyclic) bond motifs is 1. The molecule has 1 heterocycles. The molecule has 0 aliphatic heterocycles. The molecule has 1 aromatic heterocycles. The minimum atomic E-state index is -0.194. The lowest BCUT2D eigenvalue weighted by atomic mass is 9.95. The van der Waals surface area contributed by atoms with Crippen molar-refractivity contribution in [1.29, 1.82) is 0 Å². The second-order valence-electron chi connectivity index (χ2n) is 7.11. The number of carbonyl (C=O) groups excluding carboxylic acids is 1. The fourth-order valence-electron chi connectivity index (χ4n) is 3.53. The first kappa shape index (κ1) is 21.0. The maximum absolute atomic E-state index is 13.1. The van der Waals surface area contributed by atoms with Crippen LogP contribution < -0.4 is 4.74 Å². The molecule has 0 amide bonds. The molecule has 0 aliphatic carbocycles. The number of hydrogen-bond acceptors (Lipinski definition) is 5. The number of rotatable bonds is 6. The van der Waals surface area contributed by atoms with E-state index in [0.717, 1.165) is 22.1 Å². The predicted octanol–water partition coefficient (Wildman–Crippen LogP) is 5.14. The molecule has 0 aliphatic rings. The first-order valence-electron chi connectivity index (χ1n) is 9.72. The Balaban J connectivity index is 1.86. The van der Waals surface area contributed by atoms with Crippen molar-refractivity contribution in [3.8, 4) is 22.8 Å². The Morgan fingerprint density at radius 3 is 2.55 bits per heavy atom. The summed E-state index contributed by atoms with van der Waals surface area (Å²) in [6.07, 6.45) is 0.560. The number of halogens is 1. The summed E-state index contributed by atoms with van der Waals surface area (Å²) in [4.78, 5) is 17.6. The summed E-state index contributed by atoms with van der Waals surface area (Å²) >= 11 is 3.24. The van der Waals surface area contributed by atoms with Crippen molar-refractivity contribution in [1.82, 2.24) is 4.98 Å². The number of hydrogen-bond donors (Lipinski definition) is 2. The molecule has 31 heavy (non-hydrogen) atoms. The van der Waals surface area contributed by atoms with Gasteiger partial charge in [-0.05, 0) is 75.4 Å². The number of pyridine rings is 1. The lowest BCUT2D eigenvalue weighted by Crippen LogP contribution is -2.02. The Labute approximate surface area is 188 Å². The fourth-order valence-corrected chi connectivity index (χ4v) is 3.78. The topological polar surface area (TPSA) is 79.7 Å². The summed E-state index contributed by atoms with van der Waals surface area (Å²) in [7, 11) is 1.57. The van der Waals surface area contributed by atoms with E-state index in [1.165, 1.54) is 6.07 Å². The van der Waals surface area contributed by atoms with E-state index >= 15 is 0 Å². The molecule has 0 saturated heterocycles. The van der Waals surface area contributed by atoms with Gasteiger partial charge in [0.25, 0.3) is 0 Å². The van der Waals surface area contributed by atoms with Crippen molar-refractivity contribution in [3.63, 3.8) is 0 Å². The highest BCUT2D eigenvalue weighted by Gasteiger charge is 2.15. The first-order valence-corrected chi connectivity index (χ1v) is 10.5. The number of aromatic hydroxyl groups is 1. The molecule has 0 bridgehead atoms. The van der Waals surface area contributed by atoms with Gasteiger partial charge >= 0.3 is 0 Å². The van der Waals surface area contributed by atoms with Gasteiger partial charge in [0.2, 0.25) is 5.88 Å². The van der Waals surface area contributed by atoms with Crippen LogP contribution in [-0.4, -0.2) is 34.7 Å². The molecule has 5 nitrogen and oxygen atoms in total. The van der Waals surface area contributed by atoms with Gasteiger partial charge in [0.1, 0.15) is 5.75 Å². The maximum atomic E-state index is 13.1. The predicted molar refractivity (Wildman–Crippen MR) is 124 cm³/mol. The minimum Gasteiger partial charge on any atom is -0.507 e. The van der Waals surface area contributed by atoms with E-state index in [1.54, 1.807) is 31.4 Å². The zero-order valence-electron chi connectivity index (χ0n) is 16.8. The lowest BCUT2D eigenvalue weighted by Gasteiger charge is -2.12. The van der Waals surface area contributed by atoms with Gasteiger partial charge < -0.3 is 14.9 Å². The van der Waals surface area contributed by atoms with E-state index in [-0.39, 0.29) is 18.1 Å². The molecule has 0 radical (unpaired) electrons. The van der Waals surface area contributed by atoms with Crippen LogP contribution in [0.4, 0.5) is 0 Å². The zero-order chi connectivity index (χ0) is 22.0. The Kier molecular flexibility index (Phi) is 6.02. The first-order chi connectivity index (χ1) is 15.0. The number of aliphatic hydroxyl groups is 1. The molecule has 0 spiro atoms. The number of aromatic nitrogens is 1. The largest absolute Gasteiger partial charge is 0.507 e. The molecular formula is C25H20BrNO4. The van der Waals surface area contributed by atoms with E-state index in [4.69, 9.17) is 4.74 Å². The summed E-state index contributed by atoms with van der Waals surface area (Å²) in [5, 5.41) is 20.1. The molecule has 0 saturated carbocycles. The van der Waals surface area contributed by atoms with E-state index in [0.29, 0.717) is 33.4 Å². The number of aliphatic hydroxyl groups excluding tert-OH is 1. The van der Waals surface area contributed by atoms with Crippen LogP contribution >= 0.6 is 15.9 Å². The van der Waals surface area contributed by atoms with E-state index < -0.39 is 0 Å². The smallest absolute Gasteiger partial charge is 0.214 e. The van der Waals surface area contributed by atoms with Crippen molar-refractivity contribution in [2.24, 2.45) is 0 Å². The normalized spacial score (nSPS) is 10.9. The molecule has 0 fully saturated rings. The van der Waals surface area contributed by atoms with Crippen LogP contribution in [0.3, 0.4) is 0 Å². The van der Waals surface area contributed by atoms with E-state index in [2.05, 4.69) is 20.9 Å². The summed E-state index contributed by atoms with van der Waals surface area (Å²) in [5.41, 5.74) is 4.44. The average molecular weight is 478 g/mol. The third-order valence-corrected chi connectivity index (χ3v) is 5.77. The maximum Gasteiger partial charge on any atom is 0.214 e. The van der Waals surface area contributed by atoms with Crippen molar-refractivity contribution in [2.45, 2.75) is 6.42 Å². The second-order valence-corrected chi connectivity index (χ2v) is 7.97. The molecule has 156 valence electrons. The average Bonchev–Trinajstić information content (AvgIpc) is 2.79. The van der Waals surface area contributed by atoms with Crippen molar-refractivity contribution >= 4 is 32.6 Å². The number of benzene rings is 3. The van der Waals surface area contributed by atoms with Crippen molar-refractivity contribution < 1.29 is 19.7 Å². The van der Waals surface area contributed by atoms with Crippen LogP contribution in [0.15, 0.2) is 71.2 Å². The lowest BCUT2D eigenvalue weighted by molar-refractivity contribution is 0.103. The van der Waals surface area contributed by atoms with Crippen LogP contribution in [0, 0.1) is 0 Å². The molecule has 3 aromatic carbocycles. The quantitative estimate of drug-likeness (QED) is 0.375. The number of nitrogens with zero attached hydrogens (tertiary/aromatic N) is 1. The van der Waals surface area contributed by atoms with E-state index in [9.17, 15) is 15.0 Å². The third-order valence-electron chi connectivity index (χ3n) is 5.10. The van der Waals surface area contributed by atoms with Crippen LogP contribution in [0.25, 0.3) is 22.0 Å². The Morgan fingerprint density at radius 1 is 1.03 bits per heavy atom. The van der Waals surface area contributed by atoms with Gasteiger partial charge in [-0.15, -0.1) is 0 Å². The monoisotopic (exact) mass is 477 g/mol. The molecule has 4 rings (SSSR count). The summed E-state index contributed by atoms with van der Waals surface area (Å²) in [6, 6.07) is 19.9. The number of carbonyl (C=O) groups is 1. The number of methoxy groups -OCH3 is 1. The van der Waals surface area contributed by atoms with E-state index in [1.807, 2.05) is 36.4 Å². The summed E-state index contributed by atoms with van der Waals surface area (Å²) in [6.45, 7) is 0.0720. The molecule has 0 atom stereocenters. The van der Waals surface area contributed by atoms with Gasteiger partial charge in [0, 0.05) is 29.2 Å². The Bertz CT molecular complexity index is 1290. The highest BCUT2D eigenvalue weighted by atomic mass is 79.9. The fraction of sp³-hybridized carbons (Fsp3) is 0.120. The van der Waals surface area contributed by atoms with Gasteiger partial charge in [0.15, 0.2) is 5.78 Å². The summed E-state index contributed by atoms with van der Waals surface area (Å²) in [5.74, 6) is 0.298. The second kappa shape index (κ2) is 8.88. The number of phenols is 1. The van der Waals surface area contributed by atoms with Crippen molar-refractivity contribution in [3.05, 3.63) is 87.9 Å². The molecule has 4 aromatic rings. The SMILES string of the molecule is COc1cc(-c2cccc(CCO)c2)c2cc(C(=O)c3ccc(Br)c(O)c3)ccc2n1. The molecular weight excluding hydrogens is 458 g/mol. The Morgan fingerprint density at radius 2 is 1.81 bits per heavy atom. The van der Waals surface area contributed by atoms with Crippen LogP contribution in [0.1, 0.15) is 21.5 Å². The highest BCUT2D eigenvalue weighted by molar-refractivity contribution is 9.10. The van der Waals surface area contributed by atoms with Crippen LogP contribution in [0.5, 0.6) is 11.6 Å². The molecule has 0 unspecified atom stereocenters. The third kappa shape index (κ3) is 4.31. The Hall–Kier alpha value is -3.22. The molecule has 2 N–H and O–H groups in total. The summed E-state index contributed by atoms with van der Waals surface area (Å²) < 4.78 is 5.91. The number of phenolic OH excluding ortho intramolecular Hbond substituents is 1. The van der Waals surface area contributed by atoms with Gasteiger partial charge in [-0.25, -0.2) is 4.98 Å². The van der Waals surface area contributed by atoms with Gasteiger partial charge in [-0.2, -0.15) is 0 Å². The van der Waals surface area contributed by atoms with Gasteiger partial charge in [-0.1, -0.05) is 24.3 Å². The number of ether oxygens (including phenoxy) is 1. The zero-order valence-corrected chi connectivity index (χ0v) is 18.4. The van der Waals surface area contributed by atoms with Gasteiger partial charge in [0.05, 0.1) is 17.1 Å². The van der Waals surface area contributed by atoms with Gasteiger partial charge in [-0.3, -0.25) is 4.79 Å². The molecule has 6 heteroatoms.